The Morgan fingerprint density at radius 3 is 2.57 bits per heavy atom. The quantitative estimate of drug-likeness (QED) is 0.864. The van der Waals surface area contributed by atoms with Crippen molar-refractivity contribution in [3.05, 3.63) is 42.0 Å². The monoisotopic (exact) mass is 283 g/mol. The number of carbonyl (C=O) groups excluding carboxylic acids is 1. The van der Waals surface area contributed by atoms with Crippen LogP contribution in [0, 0.1) is 5.92 Å². The van der Waals surface area contributed by atoms with E-state index in [1.54, 1.807) is 12.1 Å². The summed E-state index contributed by atoms with van der Waals surface area (Å²) < 4.78 is 0. The van der Waals surface area contributed by atoms with Crippen molar-refractivity contribution < 1.29 is 9.90 Å². The highest BCUT2D eigenvalue weighted by molar-refractivity contribution is 6.01. The molecular formula is C18H21NO2. The molecule has 3 rings (SSSR count). The van der Waals surface area contributed by atoms with Crippen LogP contribution in [0.25, 0.3) is 10.8 Å². The summed E-state index contributed by atoms with van der Waals surface area (Å²) in [5, 5.41) is 12.1. The molecule has 0 aromatic heterocycles. The summed E-state index contributed by atoms with van der Waals surface area (Å²) in [6, 6.07) is 11.5. The van der Waals surface area contributed by atoms with Crippen molar-refractivity contribution in [2.24, 2.45) is 5.92 Å². The van der Waals surface area contributed by atoms with Gasteiger partial charge < -0.3 is 10.0 Å². The molecular weight excluding hydrogens is 262 g/mol. The van der Waals surface area contributed by atoms with Crippen molar-refractivity contribution in [2.45, 2.75) is 32.7 Å². The zero-order valence-corrected chi connectivity index (χ0v) is 12.5. The van der Waals surface area contributed by atoms with E-state index in [9.17, 15) is 9.90 Å². The van der Waals surface area contributed by atoms with Crippen LogP contribution in [0.2, 0.25) is 0 Å². The van der Waals surface area contributed by atoms with Crippen molar-refractivity contribution in [3.63, 3.8) is 0 Å². The van der Waals surface area contributed by atoms with Crippen molar-refractivity contribution >= 4 is 16.7 Å². The van der Waals surface area contributed by atoms with Crippen LogP contribution in [0.3, 0.4) is 0 Å². The number of aromatic hydroxyl groups is 1. The molecule has 1 N–H and O–H groups in total. The highest BCUT2D eigenvalue weighted by atomic mass is 16.3. The zero-order chi connectivity index (χ0) is 15.0. The van der Waals surface area contributed by atoms with E-state index in [1.165, 1.54) is 0 Å². The molecule has 1 fully saturated rings. The molecule has 0 radical (unpaired) electrons. The van der Waals surface area contributed by atoms with Crippen LogP contribution in [0.15, 0.2) is 36.4 Å². The number of likely N-dealkylation sites (tertiary alicyclic amines) is 1. The van der Waals surface area contributed by atoms with Gasteiger partial charge in [-0.25, -0.2) is 0 Å². The van der Waals surface area contributed by atoms with Gasteiger partial charge in [-0.05, 0) is 48.6 Å². The summed E-state index contributed by atoms with van der Waals surface area (Å²) in [6.45, 7) is 5.06. The van der Waals surface area contributed by atoms with Crippen molar-refractivity contribution in [1.29, 1.82) is 0 Å². The topological polar surface area (TPSA) is 40.5 Å². The Balaban J connectivity index is 1.99. The summed E-state index contributed by atoms with van der Waals surface area (Å²) >= 11 is 0. The van der Waals surface area contributed by atoms with Gasteiger partial charge in [-0.2, -0.15) is 0 Å². The predicted molar refractivity (Wildman–Crippen MR) is 84.5 cm³/mol. The van der Waals surface area contributed by atoms with Crippen LogP contribution < -0.4 is 0 Å². The fraction of sp³-hybridized carbons (Fsp3) is 0.389. The van der Waals surface area contributed by atoms with Crippen LogP contribution in [0.1, 0.15) is 37.0 Å². The largest absolute Gasteiger partial charge is 0.507 e. The van der Waals surface area contributed by atoms with Crippen molar-refractivity contribution in [3.8, 4) is 5.75 Å². The lowest BCUT2D eigenvalue weighted by atomic mass is 9.91. The second-order valence-corrected chi connectivity index (χ2v) is 6.08. The lowest BCUT2D eigenvalue weighted by Crippen LogP contribution is -2.46. The van der Waals surface area contributed by atoms with E-state index < -0.39 is 0 Å². The molecule has 3 nitrogen and oxygen atoms in total. The standard InChI is InChI=1S/C18H21NO2/c1-12-6-5-9-19(13(12)2)18(21)16-10-14-7-3-4-8-15(14)11-17(16)20/h3-4,7-8,10-13,20H,5-6,9H2,1-2H3. The minimum atomic E-state index is -0.0581. The van der Waals surface area contributed by atoms with Gasteiger partial charge in [0.2, 0.25) is 0 Å². The summed E-state index contributed by atoms with van der Waals surface area (Å²) in [6.07, 6.45) is 2.19. The van der Waals surface area contributed by atoms with E-state index >= 15 is 0 Å². The van der Waals surface area contributed by atoms with Gasteiger partial charge in [-0.1, -0.05) is 31.2 Å². The van der Waals surface area contributed by atoms with Crippen molar-refractivity contribution in [2.75, 3.05) is 6.54 Å². The fourth-order valence-corrected chi connectivity index (χ4v) is 3.18. The molecule has 110 valence electrons. The number of benzene rings is 2. The average Bonchev–Trinajstić information content (AvgIpc) is 2.48. The Bertz CT molecular complexity index is 680. The van der Waals surface area contributed by atoms with Gasteiger partial charge in [0.05, 0.1) is 5.56 Å². The molecule has 0 bridgehead atoms. The smallest absolute Gasteiger partial charge is 0.257 e. The molecule has 1 heterocycles. The van der Waals surface area contributed by atoms with Gasteiger partial charge in [0, 0.05) is 12.6 Å². The molecule has 0 aliphatic carbocycles. The Labute approximate surface area is 125 Å². The number of hydrogen-bond acceptors (Lipinski definition) is 2. The van der Waals surface area contributed by atoms with Crippen LogP contribution in [-0.4, -0.2) is 28.5 Å². The minimum Gasteiger partial charge on any atom is -0.507 e. The molecule has 1 aliphatic heterocycles. The summed E-state index contributed by atoms with van der Waals surface area (Å²) in [5.74, 6) is 0.520. The van der Waals surface area contributed by atoms with Gasteiger partial charge in [-0.3, -0.25) is 4.79 Å². The highest BCUT2D eigenvalue weighted by Crippen LogP contribution is 2.29. The molecule has 0 saturated carbocycles. The zero-order valence-electron chi connectivity index (χ0n) is 12.5. The molecule has 0 spiro atoms. The third-order valence-corrected chi connectivity index (χ3v) is 4.73. The second kappa shape index (κ2) is 5.40. The first-order valence-corrected chi connectivity index (χ1v) is 7.60. The van der Waals surface area contributed by atoms with Gasteiger partial charge in [0.1, 0.15) is 5.75 Å². The minimum absolute atomic E-state index is 0.0581. The number of nitrogens with zero attached hydrogens (tertiary/aromatic N) is 1. The maximum absolute atomic E-state index is 12.8. The van der Waals surface area contributed by atoms with Gasteiger partial charge >= 0.3 is 0 Å². The van der Waals surface area contributed by atoms with Gasteiger partial charge in [-0.15, -0.1) is 0 Å². The number of fused-ring (bicyclic) bond motifs is 1. The Hall–Kier alpha value is -2.03. The Morgan fingerprint density at radius 2 is 1.86 bits per heavy atom. The maximum Gasteiger partial charge on any atom is 0.257 e. The first-order valence-electron chi connectivity index (χ1n) is 7.60. The molecule has 3 heteroatoms. The van der Waals surface area contributed by atoms with E-state index in [0.29, 0.717) is 11.5 Å². The summed E-state index contributed by atoms with van der Waals surface area (Å²) in [4.78, 5) is 14.7. The molecule has 21 heavy (non-hydrogen) atoms. The molecule has 1 amide bonds. The van der Waals surface area contributed by atoms with Crippen LogP contribution >= 0.6 is 0 Å². The van der Waals surface area contributed by atoms with Crippen LogP contribution in [-0.2, 0) is 0 Å². The van der Waals surface area contributed by atoms with E-state index in [2.05, 4.69) is 13.8 Å². The summed E-state index contributed by atoms with van der Waals surface area (Å²) in [7, 11) is 0. The van der Waals surface area contributed by atoms with Crippen LogP contribution in [0.4, 0.5) is 0 Å². The number of rotatable bonds is 1. The van der Waals surface area contributed by atoms with Crippen molar-refractivity contribution in [1.82, 2.24) is 4.90 Å². The Morgan fingerprint density at radius 1 is 1.19 bits per heavy atom. The molecule has 1 saturated heterocycles. The number of piperidine rings is 1. The highest BCUT2D eigenvalue weighted by Gasteiger charge is 2.30. The predicted octanol–water partition coefficient (Wildman–Crippen LogP) is 3.81. The first kappa shape index (κ1) is 13.9. The van der Waals surface area contributed by atoms with E-state index in [4.69, 9.17) is 0 Å². The molecule has 2 unspecified atom stereocenters. The fourth-order valence-electron chi connectivity index (χ4n) is 3.18. The lowest BCUT2D eigenvalue weighted by molar-refractivity contribution is 0.0548. The summed E-state index contributed by atoms with van der Waals surface area (Å²) in [5.41, 5.74) is 0.412. The third-order valence-electron chi connectivity index (χ3n) is 4.73. The van der Waals surface area contributed by atoms with E-state index in [1.807, 2.05) is 29.2 Å². The first-order chi connectivity index (χ1) is 10.1. The van der Waals surface area contributed by atoms with Gasteiger partial charge in [0.15, 0.2) is 0 Å². The normalized spacial score (nSPS) is 22.5. The maximum atomic E-state index is 12.8. The number of phenolic OH excluding ortho intramolecular Hbond substituents is 1. The van der Waals surface area contributed by atoms with E-state index in [0.717, 1.165) is 30.2 Å². The SMILES string of the molecule is CC1CCCN(C(=O)c2cc3ccccc3cc2O)C1C. The van der Waals surface area contributed by atoms with Crippen LogP contribution in [0.5, 0.6) is 5.75 Å². The molecule has 2 atom stereocenters. The average molecular weight is 283 g/mol. The van der Waals surface area contributed by atoms with Gasteiger partial charge in [0.25, 0.3) is 5.91 Å². The number of carbonyl (C=O) groups is 1. The molecule has 2 aromatic carbocycles. The number of hydrogen-bond donors (Lipinski definition) is 1. The lowest BCUT2D eigenvalue weighted by Gasteiger charge is -2.38. The third kappa shape index (κ3) is 2.48. The molecule has 1 aliphatic rings. The molecule has 2 aromatic rings. The number of phenols is 1. The number of amides is 1. The second-order valence-electron chi connectivity index (χ2n) is 6.08. The van der Waals surface area contributed by atoms with E-state index in [-0.39, 0.29) is 17.7 Å². The Kier molecular flexibility index (Phi) is 3.58.